The van der Waals surface area contributed by atoms with Crippen LogP contribution in [0.2, 0.25) is 0 Å². The zero-order valence-electron chi connectivity index (χ0n) is 17.6. The van der Waals surface area contributed by atoms with Crippen LogP contribution in [0.1, 0.15) is 35.7 Å². The Labute approximate surface area is 186 Å². The Balaban J connectivity index is 1.45. The molecule has 0 aliphatic carbocycles. The van der Waals surface area contributed by atoms with E-state index in [0.29, 0.717) is 23.9 Å². The SMILES string of the molecule is O=C(/C=C/c1cccc(/C=C/C(=O)N2CCCC(c3cccc4ccccc34)C2)n1)NO. The summed E-state index contributed by atoms with van der Waals surface area (Å²) in [6.07, 6.45) is 7.96. The molecule has 2 heterocycles. The van der Waals surface area contributed by atoms with Crippen molar-refractivity contribution in [3.05, 3.63) is 89.8 Å². The second kappa shape index (κ2) is 10.0. The van der Waals surface area contributed by atoms with E-state index in [0.717, 1.165) is 19.4 Å². The molecule has 2 amide bonds. The second-order valence-electron chi connectivity index (χ2n) is 7.82. The number of aromatic nitrogens is 1. The highest BCUT2D eigenvalue weighted by molar-refractivity contribution is 5.92. The average Bonchev–Trinajstić information content (AvgIpc) is 2.85. The summed E-state index contributed by atoms with van der Waals surface area (Å²) in [5.41, 5.74) is 4.01. The van der Waals surface area contributed by atoms with Crippen molar-refractivity contribution < 1.29 is 14.8 Å². The molecular formula is C26H25N3O3. The number of fused-ring (bicyclic) bond motifs is 1. The number of nitrogens with one attached hydrogen (secondary N) is 1. The summed E-state index contributed by atoms with van der Waals surface area (Å²) in [4.78, 5) is 30.3. The van der Waals surface area contributed by atoms with Crippen molar-refractivity contribution in [2.45, 2.75) is 18.8 Å². The zero-order chi connectivity index (χ0) is 22.3. The lowest BCUT2D eigenvalue weighted by atomic mass is 9.87. The van der Waals surface area contributed by atoms with Gasteiger partial charge in [0, 0.05) is 31.2 Å². The van der Waals surface area contributed by atoms with Crippen LogP contribution in [-0.4, -0.2) is 40.0 Å². The number of carbonyl (C=O) groups excluding carboxylic acids is 2. The van der Waals surface area contributed by atoms with Gasteiger partial charge in [-0.2, -0.15) is 0 Å². The van der Waals surface area contributed by atoms with Crippen molar-refractivity contribution >= 4 is 34.7 Å². The van der Waals surface area contributed by atoms with E-state index < -0.39 is 5.91 Å². The first kappa shape index (κ1) is 21.5. The van der Waals surface area contributed by atoms with Crippen molar-refractivity contribution in [1.29, 1.82) is 0 Å². The van der Waals surface area contributed by atoms with Gasteiger partial charge in [-0.25, -0.2) is 10.5 Å². The molecule has 2 aromatic carbocycles. The molecule has 1 aliphatic heterocycles. The first-order valence-corrected chi connectivity index (χ1v) is 10.7. The largest absolute Gasteiger partial charge is 0.339 e. The number of hydroxylamine groups is 1. The maximum atomic E-state index is 12.9. The maximum Gasteiger partial charge on any atom is 0.267 e. The summed E-state index contributed by atoms with van der Waals surface area (Å²) in [5.74, 6) is -0.345. The minimum Gasteiger partial charge on any atom is -0.339 e. The number of amides is 2. The Bertz CT molecular complexity index is 1180. The molecule has 3 aromatic rings. The first-order valence-electron chi connectivity index (χ1n) is 10.7. The average molecular weight is 428 g/mol. The Morgan fingerprint density at radius 2 is 1.69 bits per heavy atom. The number of hydrogen-bond donors (Lipinski definition) is 2. The van der Waals surface area contributed by atoms with E-state index in [1.54, 1.807) is 30.4 Å². The monoisotopic (exact) mass is 427 g/mol. The summed E-state index contributed by atoms with van der Waals surface area (Å²) in [5, 5.41) is 11.0. The Morgan fingerprint density at radius 1 is 0.969 bits per heavy atom. The number of rotatable bonds is 5. The molecular weight excluding hydrogens is 402 g/mol. The fourth-order valence-corrected chi connectivity index (χ4v) is 4.15. The molecule has 6 heteroatoms. The molecule has 1 atom stereocenters. The summed E-state index contributed by atoms with van der Waals surface area (Å²) < 4.78 is 0. The van der Waals surface area contributed by atoms with Crippen molar-refractivity contribution in [3.8, 4) is 0 Å². The van der Waals surface area contributed by atoms with Gasteiger partial charge in [0.1, 0.15) is 0 Å². The highest BCUT2D eigenvalue weighted by Gasteiger charge is 2.24. The Morgan fingerprint density at radius 3 is 2.50 bits per heavy atom. The van der Waals surface area contributed by atoms with Gasteiger partial charge in [0.15, 0.2) is 0 Å². The van der Waals surface area contributed by atoms with E-state index in [4.69, 9.17) is 5.21 Å². The molecule has 0 saturated carbocycles. The summed E-state index contributed by atoms with van der Waals surface area (Å²) in [6.45, 7) is 1.45. The van der Waals surface area contributed by atoms with Crippen LogP contribution < -0.4 is 5.48 Å². The summed E-state index contributed by atoms with van der Waals surface area (Å²) in [7, 11) is 0. The van der Waals surface area contributed by atoms with Gasteiger partial charge in [0.2, 0.25) is 5.91 Å². The Kier molecular flexibility index (Phi) is 6.72. The summed E-state index contributed by atoms with van der Waals surface area (Å²) >= 11 is 0. The molecule has 0 spiro atoms. The van der Waals surface area contributed by atoms with Crippen LogP contribution in [0.25, 0.3) is 22.9 Å². The molecule has 1 aromatic heterocycles. The van der Waals surface area contributed by atoms with Crippen LogP contribution in [0.15, 0.2) is 72.8 Å². The number of hydrogen-bond acceptors (Lipinski definition) is 4. The highest BCUT2D eigenvalue weighted by Crippen LogP contribution is 2.32. The second-order valence-corrected chi connectivity index (χ2v) is 7.82. The molecule has 0 bridgehead atoms. The van der Waals surface area contributed by atoms with Gasteiger partial charge in [-0.3, -0.25) is 14.8 Å². The van der Waals surface area contributed by atoms with Crippen LogP contribution in [0.5, 0.6) is 0 Å². The first-order chi connectivity index (χ1) is 15.6. The molecule has 0 radical (unpaired) electrons. The van der Waals surface area contributed by atoms with E-state index in [2.05, 4.69) is 41.4 Å². The molecule has 1 aliphatic rings. The highest BCUT2D eigenvalue weighted by atomic mass is 16.5. The standard InChI is InChI=1S/C26H25N3O3/c30-25(28-32)15-13-21-9-4-10-22(27-21)14-16-26(31)29-17-5-8-20(18-29)24-12-3-7-19-6-1-2-11-23(19)24/h1-4,6-7,9-16,20,32H,5,8,17-18H2,(H,28,30)/b15-13+,16-14+. The molecule has 1 saturated heterocycles. The number of carbonyl (C=O) groups is 2. The quantitative estimate of drug-likeness (QED) is 0.364. The van der Waals surface area contributed by atoms with Crippen LogP contribution in [0.4, 0.5) is 0 Å². The molecule has 162 valence electrons. The van der Waals surface area contributed by atoms with E-state index in [1.807, 2.05) is 11.0 Å². The molecule has 6 nitrogen and oxygen atoms in total. The molecule has 1 fully saturated rings. The van der Waals surface area contributed by atoms with Gasteiger partial charge < -0.3 is 4.90 Å². The van der Waals surface area contributed by atoms with Crippen LogP contribution in [0, 0.1) is 0 Å². The number of piperidine rings is 1. The third kappa shape index (κ3) is 5.10. The van der Waals surface area contributed by atoms with E-state index >= 15 is 0 Å². The topological polar surface area (TPSA) is 82.5 Å². The van der Waals surface area contributed by atoms with Gasteiger partial charge >= 0.3 is 0 Å². The molecule has 4 rings (SSSR count). The lowest BCUT2D eigenvalue weighted by Gasteiger charge is -2.33. The predicted octanol–water partition coefficient (Wildman–Crippen LogP) is 4.17. The lowest BCUT2D eigenvalue weighted by Crippen LogP contribution is -2.38. The van der Waals surface area contributed by atoms with Crippen molar-refractivity contribution in [2.75, 3.05) is 13.1 Å². The number of benzene rings is 2. The van der Waals surface area contributed by atoms with Crippen molar-refractivity contribution in [3.63, 3.8) is 0 Å². The van der Waals surface area contributed by atoms with Gasteiger partial charge in [-0.05, 0) is 53.5 Å². The normalized spacial score (nSPS) is 16.7. The van der Waals surface area contributed by atoms with Gasteiger partial charge in [0.25, 0.3) is 5.91 Å². The third-order valence-corrected chi connectivity index (χ3v) is 5.70. The van der Waals surface area contributed by atoms with E-state index in [9.17, 15) is 9.59 Å². The fourth-order valence-electron chi connectivity index (χ4n) is 4.15. The maximum absolute atomic E-state index is 12.9. The number of nitrogens with zero attached hydrogens (tertiary/aromatic N) is 2. The van der Waals surface area contributed by atoms with Crippen LogP contribution in [-0.2, 0) is 9.59 Å². The van der Waals surface area contributed by atoms with Gasteiger partial charge in [-0.1, -0.05) is 48.5 Å². The minimum absolute atomic E-state index is 0.0302. The predicted molar refractivity (Wildman–Crippen MR) is 125 cm³/mol. The van der Waals surface area contributed by atoms with E-state index in [1.165, 1.54) is 34.0 Å². The third-order valence-electron chi connectivity index (χ3n) is 5.70. The molecule has 2 N–H and O–H groups in total. The Hall–Kier alpha value is -3.77. The smallest absolute Gasteiger partial charge is 0.267 e. The zero-order valence-corrected chi connectivity index (χ0v) is 17.6. The van der Waals surface area contributed by atoms with Crippen molar-refractivity contribution in [2.24, 2.45) is 0 Å². The lowest BCUT2D eigenvalue weighted by molar-refractivity contribution is -0.127. The van der Waals surface area contributed by atoms with Crippen molar-refractivity contribution in [1.82, 2.24) is 15.4 Å². The van der Waals surface area contributed by atoms with Crippen LogP contribution in [0.3, 0.4) is 0 Å². The molecule has 32 heavy (non-hydrogen) atoms. The van der Waals surface area contributed by atoms with Crippen LogP contribution >= 0.6 is 0 Å². The van der Waals surface area contributed by atoms with Gasteiger partial charge in [0.05, 0.1) is 11.4 Å². The molecule has 1 unspecified atom stereocenters. The van der Waals surface area contributed by atoms with E-state index in [-0.39, 0.29) is 5.91 Å². The summed E-state index contributed by atoms with van der Waals surface area (Å²) in [6, 6.07) is 20.1. The van der Waals surface area contributed by atoms with Gasteiger partial charge in [-0.15, -0.1) is 0 Å². The minimum atomic E-state index is -0.631. The number of likely N-dealkylation sites (tertiary alicyclic amines) is 1. The fraction of sp³-hybridized carbons (Fsp3) is 0.192. The number of pyridine rings is 1.